The van der Waals surface area contributed by atoms with E-state index >= 15 is 0 Å². The van der Waals surface area contributed by atoms with Crippen molar-refractivity contribution in [2.24, 2.45) is 0 Å². The molecular formula is C17H25N7O. The Hall–Kier alpha value is -2.48. The Bertz CT molecular complexity index is 687. The number of carbonyl (C=O) groups is 1. The van der Waals surface area contributed by atoms with E-state index < -0.39 is 0 Å². The minimum Gasteiger partial charge on any atom is -0.351 e. The van der Waals surface area contributed by atoms with Gasteiger partial charge in [-0.15, -0.1) is 0 Å². The van der Waals surface area contributed by atoms with Crippen LogP contribution in [0.2, 0.25) is 0 Å². The van der Waals surface area contributed by atoms with Crippen molar-refractivity contribution >= 4 is 11.9 Å². The molecule has 3 unspecified atom stereocenters. The monoisotopic (exact) mass is 343 g/mol. The zero-order valence-corrected chi connectivity index (χ0v) is 14.6. The van der Waals surface area contributed by atoms with Crippen molar-refractivity contribution in [1.82, 2.24) is 30.8 Å². The second-order valence-electron chi connectivity index (χ2n) is 6.44. The number of piperidine rings is 1. The van der Waals surface area contributed by atoms with Gasteiger partial charge in [-0.2, -0.15) is 4.68 Å². The minimum absolute atomic E-state index is 0.00999. The molecule has 0 aliphatic carbocycles. The van der Waals surface area contributed by atoms with Gasteiger partial charge in [-0.05, 0) is 55.3 Å². The lowest BCUT2D eigenvalue weighted by molar-refractivity contribution is -0.122. The van der Waals surface area contributed by atoms with Crippen molar-refractivity contribution in [3.8, 4) is 5.69 Å². The SMILES string of the molecule is CCC(Nc1nnnn1-c1ccccc1)C(=O)NC1CCNC(C)C1. The topological polar surface area (TPSA) is 96.8 Å². The van der Waals surface area contributed by atoms with Gasteiger partial charge in [-0.25, -0.2) is 0 Å². The Kier molecular flexibility index (Phi) is 5.60. The zero-order valence-electron chi connectivity index (χ0n) is 14.6. The third kappa shape index (κ3) is 4.33. The lowest BCUT2D eigenvalue weighted by atomic mass is 10.00. The first-order valence-corrected chi connectivity index (χ1v) is 8.81. The minimum atomic E-state index is -0.376. The highest BCUT2D eigenvalue weighted by molar-refractivity contribution is 5.84. The lowest BCUT2D eigenvalue weighted by Gasteiger charge is -2.30. The number of nitrogens with zero attached hydrogens (tertiary/aromatic N) is 4. The molecular weight excluding hydrogens is 318 g/mol. The van der Waals surface area contributed by atoms with Crippen molar-refractivity contribution in [1.29, 1.82) is 0 Å². The summed E-state index contributed by atoms with van der Waals surface area (Å²) in [7, 11) is 0. The summed E-state index contributed by atoms with van der Waals surface area (Å²) in [5, 5.41) is 21.5. The van der Waals surface area contributed by atoms with E-state index in [0.29, 0.717) is 18.4 Å². The Morgan fingerprint density at radius 1 is 1.40 bits per heavy atom. The molecule has 2 aromatic rings. The van der Waals surface area contributed by atoms with Crippen LogP contribution in [-0.2, 0) is 4.79 Å². The normalized spacial score (nSPS) is 21.5. The first-order valence-electron chi connectivity index (χ1n) is 8.81. The van der Waals surface area contributed by atoms with E-state index in [1.807, 2.05) is 37.3 Å². The Morgan fingerprint density at radius 2 is 2.20 bits per heavy atom. The Balaban J connectivity index is 1.66. The van der Waals surface area contributed by atoms with Gasteiger partial charge in [0.2, 0.25) is 11.9 Å². The van der Waals surface area contributed by atoms with Crippen LogP contribution in [0.4, 0.5) is 5.95 Å². The van der Waals surface area contributed by atoms with Crippen LogP contribution >= 0.6 is 0 Å². The third-order valence-corrected chi connectivity index (χ3v) is 4.47. The predicted molar refractivity (Wildman–Crippen MR) is 95.5 cm³/mol. The Labute approximate surface area is 147 Å². The van der Waals surface area contributed by atoms with Gasteiger partial charge in [0.1, 0.15) is 6.04 Å². The molecule has 0 spiro atoms. The van der Waals surface area contributed by atoms with Crippen LogP contribution in [0.25, 0.3) is 5.69 Å². The molecule has 8 nitrogen and oxygen atoms in total. The molecule has 134 valence electrons. The highest BCUT2D eigenvalue weighted by Crippen LogP contribution is 2.13. The maximum absolute atomic E-state index is 12.7. The van der Waals surface area contributed by atoms with Gasteiger partial charge < -0.3 is 16.0 Å². The molecule has 1 aliphatic heterocycles. The van der Waals surface area contributed by atoms with Crippen LogP contribution in [0, 0.1) is 0 Å². The summed E-state index contributed by atoms with van der Waals surface area (Å²) in [5.74, 6) is 0.455. The number of anilines is 1. The molecule has 1 fully saturated rings. The summed E-state index contributed by atoms with van der Waals surface area (Å²) in [6, 6.07) is 9.87. The maximum Gasteiger partial charge on any atom is 0.248 e. The van der Waals surface area contributed by atoms with Crippen LogP contribution in [0.15, 0.2) is 30.3 Å². The van der Waals surface area contributed by atoms with E-state index in [9.17, 15) is 4.79 Å². The van der Waals surface area contributed by atoms with Crippen LogP contribution in [-0.4, -0.2) is 50.8 Å². The summed E-state index contributed by atoms with van der Waals surface area (Å²) in [5.41, 5.74) is 0.845. The fourth-order valence-electron chi connectivity index (χ4n) is 3.09. The number of para-hydroxylation sites is 1. The fourth-order valence-corrected chi connectivity index (χ4v) is 3.09. The summed E-state index contributed by atoms with van der Waals surface area (Å²) in [4.78, 5) is 12.7. The highest BCUT2D eigenvalue weighted by Gasteiger charge is 2.25. The number of benzene rings is 1. The van der Waals surface area contributed by atoms with E-state index in [2.05, 4.69) is 38.4 Å². The van der Waals surface area contributed by atoms with Crippen molar-refractivity contribution in [3.05, 3.63) is 30.3 Å². The molecule has 3 rings (SSSR count). The van der Waals surface area contributed by atoms with Crippen LogP contribution < -0.4 is 16.0 Å². The van der Waals surface area contributed by atoms with E-state index in [0.717, 1.165) is 25.1 Å². The van der Waals surface area contributed by atoms with Crippen LogP contribution in [0.5, 0.6) is 0 Å². The van der Waals surface area contributed by atoms with E-state index in [4.69, 9.17) is 0 Å². The number of hydrogen-bond donors (Lipinski definition) is 3. The summed E-state index contributed by atoms with van der Waals surface area (Å²) < 4.78 is 1.60. The number of amides is 1. The van der Waals surface area contributed by atoms with E-state index in [1.54, 1.807) is 4.68 Å². The second-order valence-corrected chi connectivity index (χ2v) is 6.44. The second kappa shape index (κ2) is 8.06. The molecule has 8 heteroatoms. The zero-order chi connectivity index (χ0) is 17.6. The fraction of sp³-hybridized carbons (Fsp3) is 0.529. The standard InChI is InChI=1S/C17H25N7O/c1-3-15(16(25)19-13-9-10-18-12(2)11-13)20-17-21-22-23-24(17)14-7-5-4-6-8-14/h4-8,12-13,15,18H,3,9-11H2,1-2H3,(H,19,25)(H,20,21,23). The quantitative estimate of drug-likeness (QED) is 0.727. The molecule has 25 heavy (non-hydrogen) atoms. The van der Waals surface area contributed by atoms with Crippen molar-refractivity contribution in [3.63, 3.8) is 0 Å². The van der Waals surface area contributed by atoms with Gasteiger partial charge in [0.25, 0.3) is 0 Å². The lowest BCUT2D eigenvalue weighted by Crippen LogP contribution is -2.50. The van der Waals surface area contributed by atoms with Crippen molar-refractivity contribution < 1.29 is 4.79 Å². The van der Waals surface area contributed by atoms with Crippen molar-refractivity contribution in [2.45, 2.75) is 51.2 Å². The molecule has 3 N–H and O–H groups in total. The van der Waals surface area contributed by atoms with Crippen molar-refractivity contribution in [2.75, 3.05) is 11.9 Å². The van der Waals surface area contributed by atoms with E-state index in [1.165, 1.54) is 0 Å². The Morgan fingerprint density at radius 3 is 2.92 bits per heavy atom. The predicted octanol–water partition coefficient (Wildman–Crippen LogP) is 1.11. The third-order valence-electron chi connectivity index (χ3n) is 4.47. The maximum atomic E-state index is 12.7. The van der Waals surface area contributed by atoms with Gasteiger partial charge >= 0.3 is 0 Å². The summed E-state index contributed by atoms with van der Waals surface area (Å²) in [6.07, 6.45) is 2.55. The van der Waals surface area contributed by atoms with Gasteiger partial charge in [-0.3, -0.25) is 4.79 Å². The number of rotatable bonds is 6. The average molecular weight is 343 g/mol. The number of nitrogens with one attached hydrogen (secondary N) is 3. The smallest absolute Gasteiger partial charge is 0.248 e. The molecule has 1 aromatic carbocycles. The number of aromatic nitrogens is 4. The highest BCUT2D eigenvalue weighted by atomic mass is 16.2. The van der Waals surface area contributed by atoms with Gasteiger partial charge in [-0.1, -0.05) is 30.2 Å². The molecule has 3 atom stereocenters. The molecule has 1 amide bonds. The average Bonchev–Trinajstić information content (AvgIpc) is 3.08. The molecule has 1 aromatic heterocycles. The molecule has 0 saturated carbocycles. The molecule has 0 radical (unpaired) electrons. The summed E-state index contributed by atoms with van der Waals surface area (Å²) >= 11 is 0. The number of tetrazole rings is 1. The molecule has 1 aliphatic rings. The number of hydrogen-bond acceptors (Lipinski definition) is 6. The van der Waals surface area contributed by atoms with Gasteiger partial charge in [0.05, 0.1) is 5.69 Å². The first-order chi connectivity index (χ1) is 12.2. The summed E-state index contributed by atoms with van der Waals surface area (Å²) in [6.45, 7) is 5.05. The van der Waals surface area contributed by atoms with Crippen LogP contribution in [0.1, 0.15) is 33.1 Å². The largest absolute Gasteiger partial charge is 0.351 e. The number of carbonyl (C=O) groups excluding carboxylic acids is 1. The molecule has 2 heterocycles. The molecule has 0 bridgehead atoms. The van der Waals surface area contributed by atoms with E-state index in [-0.39, 0.29) is 18.0 Å². The van der Waals surface area contributed by atoms with Gasteiger partial charge in [0, 0.05) is 12.1 Å². The van der Waals surface area contributed by atoms with Crippen LogP contribution in [0.3, 0.4) is 0 Å². The first kappa shape index (κ1) is 17.3. The molecule has 1 saturated heterocycles. The van der Waals surface area contributed by atoms with Gasteiger partial charge in [0.15, 0.2) is 0 Å².